The molecule has 0 unspecified atom stereocenters. The smallest absolute Gasteiger partial charge is 0.00324 e. The molecule has 4 rings (SSSR count). The highest BCUT2D eigenvalue weighted by molar-refractivity contribution is 6.16. The summed E-state index contributed by atoms with van der Waals surface area (Å²) >= 11 is 0. The van der Waals surface area contributed by atoms with Gasteiger partial charge >= 0.3 is 0 Å². The third-order valence-corrected chi connectivity index (χ3v) is 4.09. The quantitative estimate of drug-likeness (QED) is 0.369. The highest BCUT2D eigenvalue weighted by Crippen LogP contribution is 2.37. The van der Waals surface area contributed by atoms with Gasteiger partial charge in [0.2, 0.25) is 0 Å². The van der Waals surface area contributed by atoms with Gasteiger partial charge in [-0.05, 0) is 63.7 Å². The lowest BCUT2D eigenvalue weighted by atomic mass is 9.94. The molecule has 0 heteroatoms. The summed E-state index contributed by atoms with van der Waals surface area (Å²) in [5.74, 6) is 0. The number of hydrogen-bond acceptors (Lipinski definition) is 0. The molecule has 1 aliphatic rings. The summed E-state index contributed by atoms with van der Waals surface area (Å²) in [5, 5.41) is 5.52. The Balaban J connectivity index is 2.31. The van der Waals surface area contributed by atoms with Gasteiger partial charge < -0.3 is 0 Å². The topological polar surface area (TPSA) is 0 Å². The van der Waals surface area contributed by atoms with Crippen LogP contribution >= 0.6 is 0 Å². The number of benzene rings is 3. The lowest BCUT2D eigenvalue weighted by molar-refractivity contribution is 1.37. The molecule has 0 aromatic heterocycles. The van der Waals surface area contributed by atoms with Crippen LogP contribution < -0.4 is 0 Å². The van der Waals surface area contributed by atoms with Gasteiger partial charge in [0.15, 0.2) is 0 Å². The molecule has 1 aliphatic carbocycles. The fourth-order valence-electron chi connectivity index (χ4n) is 3.00. The van der Waals surface area contributed by atoms with Crippen LogP contribution in [0.2, 0.25) is 0 Å². The molecular weight excluding hydrogens is 216 g/mol. The van der Waals surface area contributed by atoms with Crippen molar-refractivity contribution in [2.75, 3.05) is 0 Å². The number of hydrogen-bond donors (Lipinski definition) is 0. The lowest BCUT2D eigenvalue weighted by Crippen LogP contribution is -1.86. The monoisotopic (exact) mass is 230 g/mol. The zero-order valence-electron chi connectivity index (χ0n) is 10.6. The SMILES string of the molecule is Cc1cc2cc3c4c(cccc4c2cc1C)C=C3. The summed E-state index contributed by atoms with van der Waals surface area (Å²) in [7, 11) is 0. The van der Waals surface area contributed by atoms with Crippen molar-refractivity contribution in [3.63, 3.8) is 0 Å². The molecule has 0 aliphatic heterocycles. The summed E-state index contributed by atoms with van der Waals surface area (Å²) in [6.07, 6.45) is 4.45. The standard InChI is InChI=1S/C18H14/c1-11-8-15-10-14-7-6-13-4-3-5-16(18(13)14)17(15)9-12(11)2/h3-10H,1-2H3. The Morgan fingerprint density at radius 3 is 2.39 bits per heavy atom. The molecule has 0 spiro atoms. The van der Waals surface area contributed by atoms with E-state index >= 15 is 0 Å². The van der Waals surface area contributed by atoms with Crippen molar-refractivity contribution in [1.29, 1.82) is 0 Å². The number of fused-ring (bicyclic) bond motifs is 2. The van der Waals surface area contributed by atoms with Gasteiger partial charge in [0.05, 0.1) is 0 Å². The van der Waals surface area contributed by atoms with Crippen LogP contribution in [0.5, 0.6) is 0 Å². The number of aryl methyl sites for hydroxylation is 2. The van der Waals surface area contributed by atoms with Crippen LogP contribution in [0.4, 0.5) is 0 Å². The Labute approximate surface area is 107 Å². The van der Waals surface area contributed by atoms with Crippen molar-refractivity contribution in [1.82, 2.24) is 0 Å². The van der Waals surface area contributed by atoms with Crippen LogP contribution in [0.25, 0.3) is 33.7 Å². The zero-order valence-corrected chi connectivity index (χ0v) is 10.6. The van der Waals surface area contributed by atoms with Crippen LogP contribution in [0.3, 0.4) is 0 Å². The molecule has 0 bridgehead atoms. The van der Waals surface area contributed by atoms with E-state index < -0.39 is 0 Å². The average Bonchev–Trinajstić information content (AvgIpc) is 2.77. The largest absolute Gasteiger partial charge is 0.0610 e. The maximum atomic E-state index is 2.33. The van der Waals surface area contributed by atoms with Crippen LogP contribution in [0, 0.1) is 13.8 Å². The number of rotatable bonds is 0. The highest BCUT2D eigenvalue weighted by atomic mass is 14.2. The van der Waals surface area contributed by atoms with E-state index in [1.807, 2.05) is 0 Å². The van der Waals surface area contributed by atoms with Crippen molar-refractivity contribution in [3.05, 3.63) is 58.7 Å². The molecule has 0 atom stereocenters. The molecule has 0 nitrogen and oxygen atoms in total. The third kappa shape index (κ3) is 1.15. The molecule has 86 valence electrons. The van der Waals surface area contributed by atoms with E-state index in [9.17, 15) is 0 Å². The summed E-state index contributed by atoms with van der Waals surface area (Å²) in [6.45, 7) is 4.38. The molecule has 3 aromatic carbocycles. The zero-order chi connectivity index (χ0) is 12.3. The highest BCUT2D eigenvalue weighted by Gasteiger charge is 2.12. The first-order chi connectivity index (χ1) is 8.74. The molecule has 0 N–H and O–H groups in total. The summed E-state index contributed by atoms with van der Waals surface area (Å²) in [6, 6.07) is 13.5. The van der Waals surface area contributed by atoms with Gasteiger partial charge in [-0.1, -0.05) is 42.5 Å². The predicted octanol–water partition coefficient (Wildman–Crippen LogP) is 5.09. The van der Waals surface area contributed by atoms with Crippen molar-refractivity contribution >= 4 is 33.7 Å². The van der Waals surface area contributed by atoms with Gasteiger partial charge in [0.1, 0.15) is 0 Å². The first-order valence-electron chi connectivity index (χ1n) is 6.39. The Kier molecular flexibility index (Phi) is 1.78. The molecule has 0 fully saturated rings. The summed E-state index contributed by atoms with van der Waals surface area (Å²) < 4.78 is 0. The third-order valence-electron chi connectivity index (χ3n) is 4.09. The van der Waals surface area contributed by atoms with Gasteiger partial charge in [0.25, 0.3) is 0 Å². The van der Waals surface area contributed by atoms with Gasteiger partial charge in [-0.25, -0.2) is 0 Å². The predicted molar refractivity (Wildman–Crippen MR) is 79.9 cm³/mol. The van der Waals surface area contributed by atoms with E-state index in [2.05, 4.69) is 62.4 Å². The van der Waals surface area contributed by atoms with E-state index in [1.165, 1.54) is 43.8 Å². The Bertz CT molecular complexity index is 836. The molecule has 0 saturated heterocycles. The second-order valence-corrected chi connectivity index (χ2v) is 5.23. The van der Waals surface area contributed by atoms with Crippen LogP contribution in [-0.4, -0.2) is 0 Å². The summed E-state index contributed by atoms with van der Waals surface area (Å²) in [4.78, 5) is 0. The molecule has 18 heavy (non-hydrogen) atoms. The van der Waals surface area contributed by atoms with Gasteiger partial charge in [-0.2, -0.15) is 0 Å². The Morgan fingerprint density at radius 1 is 0.722 bits per heavy atom. The van der Waals surface area contributed by atoms with E-state index in [0.29, 0.717) is 0 Å². The van der Waals surface area contributed by atoms with E-state index in [0.717, 1.165) is 0 Å². The molecule has 0 saturated carbocycles. The van der Waals surface area contributed by atoms with E-state index in [-0.39, 0.29) is 0 Å². The minimum atomic E-state index is 1.35. The van der Waals surface area contributed by atoms with Crippen molar-refractivity contribution in [3.8, 4) is 0 Å². The first kappa shape index (κ1) is 9.90. The molecule has 0 radical (unpaired) electrons. The van der Waals surface area contributed by atoms with Crippen LogP contribution in [-0.2, 0) is 0 Å². The van der Waals surface area contributed by atoms with Crippen LogP contribution in [0.15, 0.2) is 36.4 Å². The Hall–Kier alpha value is -2.08. The van der Waals surface area contributed by atoms with Crippen LogP contribution in [0.1, 0.15) is 22.3 Å². The molecule has 0 amide bonds. The fourth-order valence-corrected chi connectivity index (χ4v) is 3.00. The normalized spacial score (nSPS) is 12.8. The minimum absolute atomic E-state index is 1.35. The minimum Gasteiger partial charge on any atom is -0.0610 e. The molecule has 0 heterocycles. The Morgan fingerprint density at radius 2 is 1.50 bits per heavy atom. The summed E-state index contributed by atoms with van der Waals surface area (Å²) in [5.41, 5.74) is 5.44. The van der Waals surface area contributed by atoms with E-state index in [1.54, 1.807) is 0 Å². The van der Waals surface area contributed by atoms with Gasteiger partial charge in [-0.3, -0.25) is 0 Å². The van der Waals surface area contributed by atoms with Gasteiger partial charge in [0, 0.05) is 0 Å². The average molecular weight is 230 g/mol. The maximum absolute atomic E-state index is 2.33. The fraction of sp³-hybridized carbons (Fsp3) is 0.111. The van der Waals surface area contributed by atoms with Crippen molar-refractivity contribution in [2.24, 2.45) is 0 Å². The second-order valence-electron chi connectivity index (χ2n) is 5.23. The maximum Gasteiger partial charge on any atom is -0.00324 e. The first-order valence-corrected chi connectivity index (χ1v) is 6.39. The van der Waals surface area contributed by atoms with Crippen molar-refractivity contribution in [2.45, 2.75) is 13.8 Å². The van der Waals surface area contributed by atoms with Crippen molar-refractivity contribution < 1.29 is 0 Å². The lowest BCUT2D eigenvalue weighted by Gasteiger charge is -2.10. The molecule has 3 aromatic rings. The second kappa shape index (κ2) is 3.23. The molecular formula is C18H14. The van der Waals surface area contributed by atoms with E-state index in [4.69, 9.17) is 0 Å². The van der Waals surface area contributed by atoms with Gasteiger partial charge in [-0.15, -0.1) is 0 Å².